The third kappa shape index (κ3) is 5.88. The summed E-state index contributed by atoms with van der Waals surface area (Å²) in [5, 5.41) is 3.11. The Labute approximate surface area is 216 Å². The van der Waals surface area contributed by atoms with E-state index in [2.05, 4.69) is 55.3 Å². The first-order valence-corrected chi connectivity index (χ1v) is 13.2. The molecule has 0 aliphatic carbocycles. The van der Waals surface area contributed by atoms with Crippen LogP contribution in [-0.4, -0.2) is 40.0 Å². The van der Waals surface area contributed by atoms with Gasteiger partial charge < -0.3 is 10.2 Å². The molecule has 0 spiro atoms. The molecule has 0 radical (unpaired) electrons. The van der Waals surface area contributed by atoms with Crippen LogP contribution in [-0.2, 0) is 16.6 Å². The Morgan fingerprint density at radius 3 is 2.43 bits per heavy atom. The van der Waals surface area contributed by atoms with Crippen LogP contribution in [0.3, 0.4) is 0 Å². The highest BCUT2D eigenvalue weighted by Crippen LogP contribution is 2.43. The molecule has 1 aliphatic rings. The van der Waals surface area contributed by atoms with Crippen LogP contribution >= 0.6 is 23.4 Å². The van der Waals surface area contributed by atoms with Crippen molar-refractivity contribution in [3.63, 3.8) is 0 Å². The smallest absolute Gasteiger partial charge is 0.257 e. The summed E-state index contributed by atoms with van der Waals surface area (Å²) in [5.74, 6) is 0.107. The van der Waals surface area contributed by atoms with Crippen molar-refractivity contribution >= 4 is 35.2 Å². The largest absolute Gasteiger partial charge is 0.354 e. The van der Waals surface area contributed by atoms with Gasteiger partial charge in [-0.25, -0.2) is 0 Å². The zero-order chi connectivity index (χ0) is 25.0. The molecule has 35 heavy (non-hydrogen) atoms. The van der Waals surface area contributed by atoms with E-state index in [0.29, 0.717) is 29.3 Å². The van der Waals surface area contributed by atoms with Gasteiger partial charge in [0.05, 0.1) is 10.6 Å². The van der Waals surface area contributed by atoms with Gasteiger partial charge in [0.1, 0.15) is 11.4 Å². The molecule has 1 saturated heterocycles. The number of benzene rings is 2. The summed E-state index contributed by atoms with van der Waals surface area (Å²) >= 11 is 7.98. The van der Waals surface area contributed by atoms with Crippen molar-refractivity contribution < 1.29 is 9.59 Å². The van der Waals surface area contributed by atoms with E-state index in [4.69, 9.17) is 11.6 Å². The van der Waals surface area contributed by atoms with E-state index in [1.54, 1.807) is 47.1 Å². The third-order valence-corrected chi connectivity index (χ3v) is 7.76. The summed E-state index contributed by atoms with van der Waals surface area (Å²) in [6.07, 6.45) is 2.37. The Kier molecular flexibility index (Phi) is 7.82. The number of rotatable bonds is 6. The Balaban J connectivity index is 1.57. The van der Waals surface area contributed by atoms with E-state index >= 15 is 0 Å². The molecule has 5 nitrogen and oxygen atoms in total. The number of nitrogens with zero attached hydrogens (tertiary/aromatic N) is 2. The predicted octanol–water partition coefficient (Wildman–Crippen LogP) is 5.65. The fourth-order valence-corrected chi connectivity index (χ4v) is 5.76. The van der Waals surface area contributed by atoms with Gasteiger partial charge in [-0.05, 0) is 40.8 Å². The van der Waals surface area contributed by atoms with Crippen molar-refractivity contribution in [2.45, 2.75) is 44.0 Å². The molecule has 2 amide bonds. The summed E-state index contributed by atoms with van der Waals surface area (Å²) in [7, 11) is 0. The van der Waals surface area contributed by atoms with Crippen molar-refractivity contribution in [3.05, 3.63) is 100 Å². The van der Waals surface area contributed by atoms with Gasteiger partial charge in [0.15, 0.2) is 0 Å². The molecule has 7 heteroatoms. The molecular weight excluding hydrogens is 478 g/mol. The van der Waals surface area contributed by atoms with E-state index in [1.165, 1.54) is 5.56 Å². The lowest BCUT2D eigenvalue weighted by Crippen LogP contribution is -2.48. The zero-order valence-corrected chi connectivity index (χ0v) is 21.8. The number of hydrogen-bond donors (Lipinski definition) is 1. The molecule has 3 aromatic rings. The highest BCUT2D eigenvalue weighted by molar-refractivity contribution is 7.99. The van der Waals surface area contributed by atoms with Gasteiger partial charge in [0.25, 0.3) is 5.91 Å². The molecule has 1 aromatic heterocycles. The van der Waals surface area contributed by atoms with E-state index in [1.807, 2.05) is 18.2 Å². The lowest BCUT2D eigenvalue weighted by Gasteiger charge is -2.30. The summed E-state index contributed by atoms with van der Waals surface area (Å²) in [4.78, 5) is 33.0. The van der Waals surface area contributed by atoms with Crippen LogP contribution in [0.5, 0.6) is 0 Å². The Bertz CT molecular complexity index is 1180. The molecule has 1 aliphatic heterocycles. The molecular formula is C28H30ClN3O2S. The van der Waals surface area contributed by atoms with Crippen molar-refractivity contribution in [1.82, 2.24) is 15.2 Å². The van der Waals surface area contributed by atoms with Gasteiger partial charge in [0, 0.05) is 30.6 Å². The average molecular weight is 508 g/mol. The van der Waals surface area contributed by atoms with Crippen LogP contribution in [0, 0.1) is 0 Å². The van der Waals surface area contributed by atoms with Gasteiger partial charge in [-0.1, -0.05) is 74.8 Å². The van der Waals surface area contributed by atoms with Gasteiger partial charge >= 0.3 is 0 Å². The van der Waals surface area contributed by atoms with Crippen molar-refractivity contribution in [1.29, 1.82) is 0 Å². The van der Waals surface area contributed by atoms with Gasteiger partial charge in [-0.3, -0.25) is 14.6 Å². The Morgan fingerprint density at radius 1 is 1.06 bits per heavy atom. The van der Waals surface area contributed by atoms with E-state index in [0.717, 1.165) is 11.3 Å². The zero-order valence-electron chi connectivity index (χ0n) is 20.2. The number of carbonyl (C=O) groups is 2. The quantitative estimate of drug-likeness (QED) is 0.468. The molecule has 1 N–H and O–H groups in total. The topological polar surface area (TPSA) is 62.3 Å². The summed E-state index contributed by atoms with van der Waals surface area (Å²) in [5.41, 5.74) is 3.56. The number of thioether (sulfide) groups is 1. The van der Waals surface area contributed by atoms with Crippen LogP contribution in [0.1, 0.15) is 53.3 Å². The lowest BCUT2D eigenvalue weighted by atomic mass is 9.86. The third-order valence-electron chi connectivity index (χ3n) is 6.11. The monoisotopic (exact) mass is 507 g/mol. The van der Waals surface area contributed by atoms with Crippen LogP contribution in [0.25, 0.3) is 0 Å². The normalized spacial score (nSPS) is 17.9. The SMILES string of the molecule is CC(C)(C)c1ccc(C2SCC(C(=O)NCCc3ccccn3)N2C(=O)c2ccccc2Cl)cc1. The van der Waals surface area contributed by atoms with Crippen LogP contribution in [0.15, 0.2) is 72.9 Å². The van der Waals surface area contributed by atoms with Gasteiger partial charge in [0.2, 0.25) is 5.91 Å². The summed E-state index contributed by atoms with van der Waals surface area (Å²) < 4.78 is 0. The molecule has 2 atom stereocenters. The minimum absolute atomic E-state index is 0.0322. The number of halogens is 1. The van der Waals surface area contributed by atoms with Crippen molar-refractivity contribution in [3.8, 4) is 0 Å². The molecule has 2 aromatic carbocycles. The highest BCUT2D eigenvalue weighted by Gasteiger charge is 2.43. The number of carbonyl (C=O) groups excluding carboxylic acids is 2. The predicted molar refractivity (Wildman–Crippen MR) is 143 cm³/mol. The number of pyridine rings is 1. The molecule has 2 heterocycles. The minimum atomic E-state index is -0.597. The Morgan fingerprint density at radius 2 is 1.77 bits per heavy atom. The first-order valence-electron chi connectivity index (χ1n) is 11.7. The average Bonchev–Trinajstić information content (AvgIpc) is 3.29. The standard InChI is InChI=1S/C28H30ClN3O2S/c1-28(2,3)20-13-11-19(12-14-20)27-32(26(34)22-9-4-5-10-23(22)29)24(18-35-27)25(33)31-17-15-21-8-6-7-16-30-21/h4-14,16,24,27H,15,17-18H2,1-3H3,(H,31,33). The number of amides is 2. The second-order valence-corrected chi connectivity index (χ2v) is 11.1. The van der Waals surface area contributed by atoms with E-state index < -0.39 is 6.04 Å². The van der Waals surface area contributed by atoms with Crippen molar-refractivity contribution in [2.75, 3.05) is 12.3 Å². The molecule has 1 fully saturated rings. The van der Waals surface area contributed by atoms with Crippen LogP contribution < -0.4 is 5.32 Å². The summed E-state index contributed by atoms with van der Waals surface area (Å²) in [6, 6.07) is 20.5. The van der Waals surface area contributed by atoms with Gasteiger partial charge in [-0.15, -0.1) is 11.8 Å². The highest BCUT2D eigenvalue weighted by atomic mass is 35.5. The second-order valence-electron chi connectivity index (χ2n) is 9.63. The fraction of sp³-hybridized carbons (Fsp3) is 0.321. The number of nitrogens with one attached hydrogen (secondary N) is 1. The first-order chi connectivity index (χ1) is 16.8. The summed E-state index contributed by atoms with van der Waals surface area (Å²) in [6.45, 7) is 6.97. The maximum absolute atomic E-state index is 13.7. The molecule has 182 valence electrons. The second kappa shape index (κ2) is 10.8. The molecule has 0 saturated carbocycles. The number of aromatic nitrogens is 1. The first kappa shape index (κ1) is 25.3. The molecule has 0 bridgehead atoms. The van der Waals surface area contributed by atoms with E-state index in [-0.39, 0.29) is 22.6 Å². The van der Waals surface area contributed by atoms with Crippen LogP contribution in [0.4, 0.5) is 0 Å². The molecule has 2 unspecified atom stereocenters. The number of hydrogen-bond acceptors (Lipinski definition) is 4. The van der Waals surface area contributed by atoms with Crippen molar-refractivity contribution in [2.24, 2.45) is 0 Å². The maximum atomic E-state index is 13.7. The Hall–Kier alpha value is -2.83. The maximum Gasteiger partial charge on any atom is 0.257 e. The van der Waals surface area contributed by atoms with Crippen LogP contribution in [0.2, 0.25) is 5.02 Å². The minimum Gasteiger partial charge on any atom is -0.354 e. The molecule has 4 rings (SSSR count). The van der Waals surface area contributed by atoms with E-state index in [9.17, 15) is 9.59 Å². The lowest BCUT2D eigenvalue weighted by molar-refractivity contribution is -0.124. The van der Waals surface area contributed by atoms with Gasteiger partial charge in [-0.2, -0.15) is 0 Å². The fourth-order valence-electron chi connectivity index (χ4n) is 4.11.